The Hall–Kier alpha value is -1.29. The van der Waals surface area contributed by atoms with E-state index in [1.165, 1.54) is 6.07 Å². The van der Waals surface area contributed by atoms with Crippen LogP contribution in [0.25, 0.3) is 0 Å². The molecule has 1 aromatic rings. The summed E-state index contributed by atoms with van der Waals surface area (Å²) in [6.45, 7) is 3.77. The maximum atomic E-state index is 13.4. The highest BCUT2D eigenvalue weighted by molar-refractivity contribution is 5.47. The summed E-state index contributed by atoms with van der Waals surface area (Å²) in [5, 5.41) is 3.11. The number of ether oxygens (including phenoxy) is 2. The first-order valence-corrected chi connectivity index (χ1v) is 5.43. The Kier molecular flexibility index (Phi) is 5.64. The monoisotopic (exact) mass is 227 g/mol. The molecule has 1 aromatic carbocycles. The molecule has 0 saturated heterocycles. The third kappa shape index (κ3) is 4.06. The molecule has 0 heterocycles. The van der Waals surface area contributed by atoms with Crippen LogP contribution in [-0.2, 0) is 4.74 Å². The number of anilines is 1. The van der Waals surface area contributed by atoms with Crippen molar-refractivity contribution in [3.8, 4) is 5.75 Å². The lowest BCUT2D eigenvalue weighted by Gasteiger charge is -2.08. The number of hydrogen-bond acceptors (Lipinski definition) is 3. The first-order chi connectivity index (χ1) is 7.77. The van der Waals surface area contributed by atoms with Crippen LogP contribution in [0.15, 0.2) is 18.2 Å². The van der Waals surface area contributed by atoms with E-state index in [0.29, 0.717) is 19.0 Å². The lowest BCUT2D eigenvalue weighted by molar-refractivity contribution is 0.198. The quantitative estimate of drug-likeness (QED) is 0.726. The molecule has 0 spiro atoms. The van der Waals surface area contributed by atoms with E-state index in [4.69, 9.17) is 9.47 Å². The summed E-state index contributed by atoms with van der Waals surface area (Å²) in [7, 11) is 1.66. The second-order valence-electron chi connectivity index (χ2n) is 3.35. The molecule has 4 heteroatoms. The van der Waals surface area contributed by atoms with Crippen molar-refractivity contribution >= 4 is 5.69 Å². The Balaban J connectivity index is 2.46. The van der Waals surface area contributed by atoms with Crippen molar-refractivity contribution in [1.29, 1.82) is 0 Å². The molecule has 1 N–H and O–H groups in total. The largest absolute Gasteiger partial charge is 0.491 e. The predicted octanol–water partition coefficient (Wildman–Crippen LogP) is 2.67. The van der Waals surface area contributed by atoms with Crippen molar-refractivity contribution in [2.45, 2.75) is 13.3 Å². The standard InChI is InChI=1S/C12H18FNO2/c1-3-16-12-6-5-10(9-11(12)13)14-7-4-8-15-2/h5-6,9,14H,3-4,7-8H2,1-2H3. The summed E-state index contributed by atoms with van der Waals surface area (Å²) in [4.78, 5) is 0. The Morgan fingerprint density at radius 2 is 2.19 bits per heavy atom. The highest BCUT2D eigenvalue weighted by Gasteiger charge is 2.03. The molecule has 0 radical (unpaired) electrons. The molecule has 0 aliphatic heterocycles. The summed E-state index contributed by atoms with van der Waals surface area (Å²) < 4.78 is 23.5. The van der Waals surface area contributed by atoms with Gasteiger partial charge in [0.15, 0.2) is 11.6 Å². The van der Waals surface area contributed by atoms with Crippen LogP contribution in [0.2, 0.25) is 0 Å². The molecule has 0 amide bonds. The minimum Gasteiger partial charge on any atom is -0.491 e. The average molecular weight is 227 g/mol. The fourth-order valence-electron chi connectivity index (χ4n) is 1.33. The third-order valence-corrected chi connectivity index (χ3v) is 2.09. The molecule has 0 aliphatic carbocycles. The lowest BCUT2D eigenvalue weighted by Crippen LogP contribution is -2.05. The van der Waals surface area contributed by atoms with E-state index in [0.717, 1.165) is 18.7 Å². The van der Waals surface area contributed by atoms with Crippen molar-refractivity contribution in [2.24, 2.45) is 0 Å². The van der Waals surface area contributed by atoms with Gasteiger partial charge in [0.25, 0.3) is 0 Å². The van der Waals surface area contributed by atoms with Gasteiger partial charge in [-0.25, -0.2) is 4.39 Å². The molecule has 1 rings (SSSR count). The first kappa shape index (κ1) is 12.8. The van der Waals surface area contributed by atoms with Crippen LogP contribution in [0, 0.1) is 5.82 Å². The van der Waals surface area contributed by atoms with Gasteiger partial charge in [-0.2, -0.15) is 0 Å². The summed E-state index contributed by atoms with van der Waals surface area (Å²) in [6.07, 6.45) is 0.894. The van der Waals surface area contributed by atoms with Gasteiger partial charge in [-0.05, 0) is 25.5 Å². The molecule has 16 heavy (non-hydrogen) atoms. The molecule has 3 nitrogen and oxygen atoms in total. The second kappa shape index (κ2) is 7.06. The number of halogens is 1. The second-order valence-corrected chi connectivity index (χ2v) is 3.35. The van der Waals surface area contributed by atoms with Crippen LogP contribution in [-0.4, -0.2) is 26.9 Å². The van der Waals surface area contributed by atoms with Crippen LogP contribution in [0.4, 0.5) is 10.1 Å². The number of hydrogen-bond donors (Lipinski definition) is 1. The van der Waals surface area contributed by atoms with Crippen molar-refractivity contribution in [2.75, 3.05) is 32.2 Å². The molecular formula is C12H18FNO2. The zero-order chi connectivity index (χ0) is 11.8. The number of methoxy groups -OCH3 is 1. The van der Waals surface area contributed by atoms with Crippen molar-refractivity contribution in [3.05, 3.63) is 24.0 Å². The van der Waals surface area contributed by atoms with E-state index in [-0.39, 0.29) is 5.82 Å². The van der Waals surface area contributed by atoms with Gasteiger partial charge < -0.3 is 14.8 Å². The van der Waals surface area contributed by atoms with E-state index in [1.54, 1.807) is 19.2 Å². The van der Waals surface area contributed by atoms with E-state index >= 15 is 0 Å². The Morgan fingerprint density at radius 1 is 1.38 bits per heavy atom. The Morgan fingerprint density at radius 3 is 2.81 bits per heavy atom. The molecule has 90 valence electrons. The zero-order valence-corrected chi connectivity index (χ0v) is 9.75. The van der Waals surface area contributed by atoms with Crippen LogP contribution >= 0.6 is 0 Å². The smallest absolute Gasteiger partial charge is 0.167 e. The van der Waals surface area contributed by atoms with Crippen LogP contribution in [0.5, 0.6) is 5.75 Å². The molecule has 0 fully saturated rings. The Labute approximate surface area is 95.6 Å². The summed E-state index contributed by atoms with van der Waals surface area (Å²) in [5.74, 6) is -0.0384. The summed E-state index contributed by atoms with van der Waals surface area (Å²) in [5.41, 5.74) is 0.761. The third-order valence-electron chi connectivity index (χ3n) is 2.09. The number of rotatable bonds is 7. The van der Waals surface area contributed by atoms with E-state index < -0.39 is 0 Å². The minimum absolute atomic E-state index is 0.296. The summed E-state index contributed by atoms with van der Waals surface area (Å²) in [6, 6.07) is 4.89. The first-order valence-electron chi connectivity index (χ1n) is 5.43. The van der Waals surface area contributed by atoms with Gasteiger partial charge >= 0.3 is 0 Å². The van der Waals surface area contributed by atoms with E-state index in [1.807, 2.05) is 6.92 Å². The van der Waals surface area contributed by atoms with Gasteiger partial charge in [-0.15, -0.1) is 0 Å². The SMILES string of the molecule is CCOc1ccc(NCCCOC)cc1F. The average Bonchev–Trinajstić information content (AvgIpc) is 2.28. The number of nitrogens with one attached hydrogen (secondary N) is 1. The fourth-order valence-corrected chi connectivity index (χ4v) is 1.33. The maximum absolute atomic E-state index is 13.4. The molecule has 0 bridgehead atoms. The molecule has 0 saturated carbocycles. The topological polar surface area (TPSA) is 30.5 Å². The fraction of sp³-hybridized carbons (Fsp3) is 0.500. The highest BCUT2D eigenvalue weighted by Crippen LogP contribution is 2.20. The van der Waals surface area contributed by atoms with E-state index in [2.05, 4.69) is 5.32 Å². The van der Waals surface area contributed by atoms with E-state index in [9.17, 15) is 4.39 Å². The van der Waals surface area contributed by atoms with Gasteiger partial charge in [0.2, 0.25) is 0 Å². The maximum Gasteiger partial charge on any atom is 0.167 e. The van der Waals surface area contributed by atoms with Crippen molar-refractivity contribution < 1.29 is 13.9 Å². The normalized spacial score (nSPS) is 10.2. The van der Waals surface area contributed by atoms with Crippen LogP contribution in [0.3, 0.4) is 0 Å². The highest BCUT2D eigenvalue weighted by atomic mass is 19.1. The van der Waals surface area contributed by atoms with Crippen LogP contribution < -0.4 is 10.1 Å². The van der Waals surface area contributed by atoms with Gasteiger partial charge in [-0.3, -0.25) is 0 Å². The predicted molar refractivity (Wildman–Crippen MR) is 62.6 cm³/mol. The summed E-state index contributed by atoms with van der Waals surface area (Å²) >= 11 is 0. The molecule has 0 unspecified atom stereocenters. The molecule has 0 aromatic heterocycles. The lowest BCUT2D eigenvalue weighted by atomic mass is 10.3. The van der Waals surface area contributed by atoms with Crippen molar-refractivity contribution in [3.63, 3.8) is 0 Å². The van der Waals surface area contributed by atoms with Crippen LogP contribution in [0.1, 0.15) is 13.3 Å². The molecular weight excluding hydrogens is 209 g/mol. The van der Waals surface area contributed by atoms with Gasteiger partial charge in [0, 0.05) is 32.0 Å². The molecule has 0 atom stereocenters. The van der Waals surface area contributed by atoms with Gasteiger partial charge in [-0.1, -0.05) is 0 Å². The van der Waals surface area contributed by atoms with Gasteiger partial charge in [0.1, 0.15) is 0 Å². The Bertz CT molecular complexity index is 318. The zero-order valence-electron chi connectivity index (χ0n) is 9.75. The molecule has 0 aliphatic rings. The van der Waals surface area contributed by atoms with Crippen molar-refractivity contribution in [1.82, 2.24) is 0 Å². The van der Waals surface area contributed by atoms with Gasteiger partial charge in [0.05, 0.1) is 6.61 Å². The minimum atomic E-state index is -0.335. The number of benzene rings is 1.